The second-order valence-corrected chi connectivity index (χ2v) is 6.40. The summed E-state index contributed by atoms with van der Waals surface area (Å²) in [5.41, 5.74) is -1.54. The fourth-order valence-electron chi connectivity index (χ4n) is 1.75. The highest BCUT2D eigenvalue weighted by molar-refractivity contribution is 7.15. The minimum Gasteiger partial charge on any atom is -0.479 e. The predicted molar refractivity (Wildman–Crippen MR) is 86.6 cm³/mol. The number of nitrogens with one attached hydrogen (secondary N) is 2. The van der Waals surface area contributed by atoms with Crippen molar-refractivity contribution in [2.75, 3.05) is 11.9 Å². The summed E-state index contributed by atoms with van der Waals surface area (Å²) in [6.07, 6.45) is 1.88. The number of thiazole rings is 1. The zero-order valence-electron chi connectivity index (χ0n) is 12.7. The van der Waals surface area contributed by atoms with Crippen LogP contribution in [0.15, 0.2) is 30.5 Å². The van der Waals surface area contributed by atoms with E-state index >= 15 is 0 Å². The molecule has 0 saturated carbocycles. The van der Waals surface area contributed by atoms with Crippen molar-refractivity contribution in [1.29, 1.82) is 0 Å². The van der Waals surface area contributed by atoms with E-state index < -0.39 is 24.1 Å². The van der Waals surface area contributed by atoms with Crippen molar-refractivity contribution in [3.8, 4) is 0 Å². The van der Waals surface area contributed by atoms with E-state index in [2.05, 4.69) is 15.6 Å². The van der Waals surface area contributed by atoms with Gasteiger partial charge < -0.3 is 15.5 Å². The van der Waals surface area contributed by atoms with Crippen LogP contribution >= 0.6 is 11.3 Å². The van der Waals surface area contributed by atoms with E-state index in [0.717, 1.165) is 11.8 Å². The van der Waals surface area contributed by atoms with Crippen molar-refractivity contribution < 1.29 is 24.2 Å². The topological polar surface area (TPSA) is 112 Å². The number of hydrogen-bond acceptors (Lipinski definition) is 5. The molecule has 0 radical (unpaired) electrons. The lowest BCUT2D eigenvalue weighted by Crippen LogP contribution is -2.47. The molecular weight excluding hydrogens is 337 g/mol. The number of aromatic nitrogens is 1. The summed E-state index contributed by atoms with van der Waals surface area (Å²) in [4.78, 5) is 27.2. The molecule has 9 heteroatoms. The molecule has 1 aromatic heterocycles. The third-order valence-corrected chi connectivity index (χ3v) is 4.06. The Morgan fingerprint density at radius 3 is 2.75 bits per heavy atom. The first-order valence-electron chi connectivity index (χ1n) is 6.96. The zero-order valence-corrected chi connectivity index (χ0v) is 13.6. The molecule has 2 aromatic rings. The fraction of sp³-hybridized carbons (Fsp3) is 0.267. The van der Waals surface area contributed by atoms with Crippen LogP contribution in [0.4, 0.5) is 14.3 Å². The summed E-state index contributed by atoms with van der Waals surface area (Å²) in [6, 6.07) is 5.69. The standard InChI is InChI=1S/C15H16FN3O4S/c1-15(23,12(20)21)8-18-13(22)19-14-17-7-10(24-14)6-9-4-2-3-5-11(9)16/h2-5,7,23H,6,8H2,1H3,(H,20,21)(H2,17,18,19,22). The van der Waals surface area contributed by atoms with E-state index in [1.54, 1.807) is 18.2 Å². The number of benzene rings is 1. The van der Waals surface area contributed by atoms with Gasteiger partial charge in [-0.1, -0.05) is 18.2 Å². The Labute approximate surface area is 141 Å². The van der Waals surface area contributed by atoms with E-state index in [4.69, 9.17) is 5.11 Å². The molecule has 1 atom stereocenters. The summed E-state index contributed by atoms with van der Waals surface area (Å²) < 4.78 is 13.6. The number of hydrogen-bond donors (Lipinski definition) is 4. The maximum Gasteiger partial charge on any atom is 0.337 e. The predicted octanol–water partition coefficient (Wildman–Crippen LogP) is 1.83. The maximum atomic E-state index is 13.6. The first kappa shape index (κ1) is 17.8. The molecule has 2 rings (SSSR count). The van der Waals surface area contributed by atoms with E-state index in [9.17, 15) is 19.1 Å². The minimum absolute atomic E-state index is 0.286. The number of anilines is 1. The molecule has 24 heavy (non-hydrogen) atoms. The third kappa shape index (κ3) is 4.74. The van der Waals surface area contributed by atoms with Gasteiger partial charge in [-0.05, 0) is 18.6 Å². The van der Waals surface area contributed by atoms with Gasteiger partial charge in [0.15, 0.2) is 10.7 Å². The van der Waals surface area contributed by atoms with Crippen LogP contribution in [-0.2, 0) is 11.2 Å². The SMILES string of the molecule is CC(O)(CNC(=O)Nc1ncc(Cc2ccccc2F)s1)C(=O)O. The highest BCUT2D eigenvalue weighted by Gasteiger charge is 2.30. The van der Waals surface area contributed by atoms with Gasteiger partial charge in [-0.2, -0.15) is 0 Å². The number of rotatable bonds is 6. The molecular formula is C15H16FN3O4S. The minimum atomic E-state index is -2.06. The lowest BCUT2D eigenvalue weighted by Gasteiger charge is -2.18. The van der Waals surface area contributed by atoms with Gasteiger partial charge in [0.2, 0.25) is 0 Å². The number of urea groups is 1. The highest BCUT2D eigenvalue weighted by Crippen LogP contribution is 2.22. The Balaban J connectivity index is 1.91. The zero-order chi connectivity index (χ0) is 17.7. The second-order valence-electron chi connectivity index (χ2n) is 5.29. The van der Waals surface area contributed by atoms with Gasteiger partial charge >= 0.3 is 12.0 Å². The average molecular weight is 353 g/mol. The number of aliphatic carboxylic acids is 1. The second kappa shape index (κ2) is 7.37. The third-order valence-electron chi connectivity index (χ3n) is 3.15. The number of nitrogens with zero attached hydrogens (tertiary/aromatic N) is 1. The van der Waals surface area contributed by atoms with Crippen molar-refractivity contribution >= 4 is 28.5 Å². The van der Waals surface area contributed by atoms with Gasteiger partial charge in [-0.15, -0.1) is 11.3 Å². The average Bonchev–Trinajstić information content (AvgIpc) is 2.94. The monoisotopic (exact) mass is 353 g/mol. The van der Waals surface area contributed by atoms with Crippen molar-refractivity contribution in [2.45, 2.75) is 18.9 Å². The molecule has 0 aliphatic carbocycles. The van der Waals surface area contributed by atoms with Gasteiger partial charge in [0, 0.05) is 17.5 Å². The van der Waals surface area contributed by atoms with Crippen LogP contribution in [0.2, 0.25) is 0 Å². The van der Waals surface area contributed by atoms with Crippen LogP contribution in [0.5, 0.6) is 0 Å². The molecule has 0 saturated heterocycles. The Morgan fingerprint density at radius 1 is 1.38 bits per heavy atom. The lowest BCUT2D eigenvalue weighted by molar-refractivity contribution is -0.155. The number of amides is 2. The van der Waals surface area contributed by atoms with Crippen LogP contribution in [0, 0.1) is 5.82 Å². The molecule has 7 nitrogen and oxygen atoms in total. The highest BCUT2D eigenvalue weighted by atomic mass is 32.1. The molecule has 0 spiro atoms. The van der Waals surface area contributed by atoms with Crippen molar-refractivity contribution in [1.82, 2.24) is 10.3 Å². The Kier molecular flexibility index (Phi) is 5.47. The van der Waals surface area contributed by atoms with Gasteiger partial charge in [0.25, 0.3) is 0 Å². The first-order valence-corrected chi connectivity index (χ1v) is 7.78. The van der Waals surface area contributed by atoms with Gasteiger partial charge in [-0.3, -0.25) is 5.32 Å². The molecule has 2 amide bonds. The van der Waals surface area contributed by atoms with Crippen molar-refractivity contribution in [3.63, 3.8) is 0 Å². The Hall–Kier alpha value is -2.52. The summed E-state index contributed by atoms with van der Waals surface area (Å²) in [7, 11) is 0. The van der Waals surface area contributed by atoms with Crippen molar-refractivity contribution in [2.24, 2.45) is 0 Å². The number of carbonyl (C=O) groups excluding carboxylic acids is 1. The van der Waals surface area contributed by atoms with Crippen LogP contribution < -0.4 is 10.6 Å². The van der Waals surface area contributed by atoms with Crippen LogP contribution in [0.3, 0.4) is 0 Å². The maximum absolute atomic E-state index is 13.6. The van der Waals surface area contributed by atoms with Crippen LogP contribution in [0.1, 0.15) is 17.4 Å². The molecule has 1 unspecified atom stereocenters. The Bertz CT molecular complexity index is 748. The molecule has 0 aliphatic heterocycles. The first-order chi connectivity index (χ1) is 11.3. The van der Waals surface area contributed by atoms with E-state index in [1.807, 2.05) is 0 Å². The Morgan fingerprint density at radius 2 is 2.08 bits per heavy atom. The number of halogens is 1. The normalized spacial score (nSPS) is 13.1. The largest absolute Gasteiger partial charge is 0.479 e. The van der Waals surface area contributed by atoms with Gasteiger partial charge in [0.05, 0.1) is 6.54 Å². The molecule has 1 heterocycles. The number of carboxylic acid groups (broad SMARTS) is 1. The van der Waals surface area contributed by atoms with E-state index in [-0.39, 0.29) is 10.9 Å². The quantitative estimate of drug-likeness (QED) is 0.633. The van der Waals surface area contributed by atoms with Gasteiger partial charge in [-0.25, -0.2) is 19.0 Å². The van der Waals surface area contributed by atoms with Gasteiger partial charge in [0.1, 0.15) is 5.82 Å². The van der Waals surface area contributed by atoms with E-state index in [1.165, 1.54) is 23.6 Å². The molecule has 0 aliphatic rings. The number of carboxylic acids is 1. The number of carbonyl (C=O) groups is 2. The van der Waals surface area contributed by atoms with Crippen LogP contribution in [-0.4, -0.2) is 39.3 Å². The lowest BCUT2D eigenvalue weighted by atomic mass is 10.1. The van der Waals surface area contributed by atoms with E-state index in [0.29, 0.717) is 12.0 Å². The number of aliphatic hydroxyl groups is 1. The molecule has 4 N–H and O–H groups in total. The molecule has 0 fully saturated rings. The molecule has 0 bridgehead atoms. The summed E-state index contributed by atoms with van der Waals surface area (Å²) in [6.45, 7) is 0.618. The summed E-state index contributed by atoms with van der Waals surface area (Å²) in [5.74, 6) is -1.75. The smallest absolute Gasteiger partial charge is 0.337 e. The van der Waals surface area contributed by atoms with Crippen LogP contribution in [0.25, 0.3) is 0 Å². The fourth-order valence-corrected chi connectivity index (χ4v) is 2.58. The molecule has 1 aromatic carbocycles. The van der Waals surface area contributed by atoms with Crippen molar-refractivity contribution in [3.05, 3.63) is 46.7 Å². The molecule has 128 valence electrons. The summed E-state index contributed by atoms with van der Waals surface area (Å²) >= 11 is 1.18. The summed E-state index contributed by atoms with van der Waals surface area (Å²) in [5, 5.41) is 23.2.